The van der Waals surface area contributed by atoms with E-state index in [9.17, 15) is 4.79 Å². The number of hydrogen-bond acceptors (Lipinski definition) is 3. The van der Waals surface area contributed by atoms with Crippen molar-refractivity contribution in [1.29, 1.82) is 0 Å². The van der Waals surface area contributed by atoms with Gasteiger partial charge in [0.15, 0.2) is 0 Å². The minimum Gasteiger partial charge on any atom is -0.394 e. The van der Waals surface area contributed by atoms with Crippen LogP contribution in [0, 0.1) is 0 Å². The molecule has 0 unspecified atom stereocenters. The Bertz CT molecular complexity index is 597. The van der Waals surface area contributed by atoms with E-state index in [0.29, 0.717) is 18.0 Å². The first kappa shape index (κ1) is 17.3. The molecule has 3 N–H and O–H groups in total. The highest BCUT2D eigenvalue weighted by Gasteiger charge is 2.16. The van der Waals surface area contributed by atoms with Gasteiger partial charge < -0.3 is 15.7 Å². The number of hydrogen-bond donors (Lipinski definition) is 3. The van der Waals surface area contributed by atoms with Crippen LogP contribution in [-0.2, 0) is 0 Å². The summed E-state index contributed by atoms with van der Waals surface area (Å²) in [5.74, 6) is 0. The molecule has 0 bridgehead atoms. The van der Waals surface area contributed by atoms with Gasteiger partial charge in [0.2, 0.25) is 0 Å². The number of aromatic nitrogens is 2. The monoisotopic (exact) mass is 336 g/mol. The molecule has 124 valence electrons. The Balaban J connectivity index is 2.04. The predicted molar refractivity (Wildman–Crippen MR) is 89.5 cm³/mol. The summed E-state index contributed by atoms with van der Waals surface area (Å²) in [4.78, 5) is 11.9. The SMILES string of the molecule is CC[C@@H](CO)NC(=O)NC[C@H](c1ccc(Cl)cc1)n1cccn1. The second kappa shape index (κ2) is 8.55. The smallest absolute Gasteiger partial charge is 0.315 e. The molecule has 23 heavy (non-hydrogen) atoms. The van der Waals surface area contributed by atoms with Gasteiger partial charge in [-0.1, -0.05) is 30.7 Å². The Morgan fingerprint density at radius 3 is 2.70 bits per heavy atom. The van der Waals surface area contributed by atoms with E-state index in [4.69, 9.17) is 16.7 Å². The molecule has 0 radical (unpaired) electrons. The summed E-state index contributed by atoms with van der Waals surface area (Å²) in [6.07, 6.45) is 4.22. The van der Waals surface area contributed by atoms with Crippen LogP contribution in [0.1, 0.15) is 24.9 Å². The number of aliphatic hydroxyl groups excluding tert-OH is 1. The van der Waals surface area contributed by atoms with Gasteiger partial charge >= 0.3 is 6.03 Å². The molecule has 0 aliphatic heterocycles. The number of urea groups is 1. The van der Waals surface area contributed by atoms with E-state index >= 15 is 0 Å². The molecule has 1 aromatic carbocycles. The van der Waals surface area contributed by atoms with Gasteiger partial charge in [0, 0.05) is 24.0 Å². The number of nitrogens with zero attached hydrogens (tertiary/aromatic N) is 2. The molecule has 0 saturated heterocycles. The molecule has 0 aliphatic rings. The van der Waals surface area contributed by atoms with E-state index in [1.54, 1.807) is 10.9 Å². The lowest BCUT2D eigenvalue weighted by atomic mass is 10.1. The second-order valence-electron chi connectivity index (χ2n) is 5.20. The van der Waals surface area contributed by atoms with Gasteiger partial charge in [-0.05, 0) is 30.2 Å². The fraction of sp³-hybridized carbons (Fsp3) is 0.375. The quantitative estimate of drug-likeness (QED) is 0.725. The molecule has 0 spiro atoms. The number of carbonyl (C=O) groups excluding carboxylic acids is 1. The maximum absolute atomic E-state index is 11.9. The fourth-order valence-electron chi connectivity index (χ4n) is 2.22. The number of halogens is 1. The standard InChI is InChI=1S/C16H21ClN4O2/c1-2-14(11-22)20-16(23)18-10-15(21-9-3-8-19-21)12-4-6-13(17)7-5-12/h3-9,14-15,22H,2,10-11H2,1H3,(H2,18,20,23)/t14-,15+/m0/s1. The van der Waals surface area contributed by atoms with Crippen LogP contribution in [0.2, 0.25) is 5.02 Å². The van der Waals surface area contributed by atoms with E-state index in [1.165, 1.54) is 0 Å². The van der Waals surface area contributed by atoms with Crippen molar-refractivity contribution in [2.24, 2.45) is 0 Å². The largest absolute Gasteiger partial charge is 0.394 e. The number of aliphatic hydroxyl groups is 1. The zero-order valence-electron chi connectivity index (χ0n) is 12.9. The maximum Gasteiger partial charge on any atom is 0.315 e. The van der Waals surface area contributed by atoms with Crippen LogP contribution >= 0.6 is 11.6 Å². The topological polar surface area (TPSA) is 79.2 Å². The molecular formula is C16H21ClN4O2. The van der Waals surface area contributed by atoms with E-state index in [1.807, 2.05) is 43.5 Å². The molecule has 6 nitrogen and oxygen atoms in total. The Morgan fingerprint density at radius 1 is 1.39 bits per heavy atom. The van der Waals surface area contributed by atoms with Crippen LogP contribution in [0.3, 0.4) is 0 Å². The number of carbonyl (C=O) groups is 1. The molecule has 2 atom stereocenters. The third-order valence-corrected chi connectivity index (χ3v) is 3.86. The molecule has 0 saturated carbocycles. The Labute approximate surface area is 140 Å². The summed E-state index contributed by atoms with van der Waals surface area (Å²) in [5.41, 5.74) is 0.993. The van der Waals surface area contributed by atoms with Crippen molar-refractivity contribution in [1.82, 2.24) is 20.4 Å². The summed E-state index contributed by atoms with van der Waals surface area (Å²) in [7, 11) is 0. The number of benzene rings is 1. The van der Waals surface area contributed by atoms with Crippen molar-refractivity contribution in [2.45, 2.75) is 25.4 Å². The molecule has 2 aromatic rings. The summed E-state index contributed by atoms with van der Waals surface area (Å²) in [6.45, 7) is 2.20. The fourth-order valence-corrected chi connectivity index (χ4v) is 2.34. The van der Waals surface area contributed by atoms with Gasteiger partial charge in [0.05, 0.1) is 18.7 Å². The van der Waals surface area contributed by atoms with Crippen molar-refractivity contribution in [3.8, 4) is 0 Å². The first-order chi connectivity index (χ1) is 11.1. The summed E-state index contributed by atoms with van der Waals surface area (Å²) < 4.78 is 1.78. The summed E-state index contributed by atoms with van der Waals surface area (Å²) >= 11 is 5.93. The van der Waals surface area contributed by atoms with Gasteiger partial charge in [0.1, 0.15) is 0 Å². The molecule has 1 heterocycles. The Kier molecular flexibility index (Phi) is 6.43. The van der Waals surface area contributed by atoms with Crippen molar-refractivity contribution in [3.05, 3.63) is 53.3 Å². The van der Waals surface area contributed by atoms with Crippen LogP contribution < -0.4 is 10.6 Å². The highest BCUT2D eigenvalue weighted by atomic mass is 35.5. The second-order valence-corrected chi connectivity index (χ2v) is 5.63. The minimum atomic E-state index is -0.308. The number of amides is 2. The third kappa shape index (κ3) is 4.97. The van der Waals surface area contributed by atoms with E-state index in [0.717, 1.165) is 5.56 Å². The molecule has 2 amide bonds. The van der Waals surface area contributed by atoms with Gasteiger partial charge in [-0.15, -0.1) is 0 Å². The lowest BCUT2D eigenvalue weighted by Gasteiger charge is -2.20. The average molecular weight is 337 g/mol. The minimum absolute atomic E-state index is 0.0797. The highest BCUT2D eigenvalue weighted by Crippen LogP contribution is 2.19. The van der Waals surface area contributed by atoms with Crippen LogP contribution in [-0.4, -0.2) is 40.1 Å². The number of nitrogens with one attached hydrogen (secondary N) is 2. The van der Waals surface area contributed by atoms with Crippen LogP contribution in [0.5, 0.6) is 0 Å². The lowest BCUT2D eigenvalue weighted by Crippen LogP contribution is -2.45. The van der Waals surface area contributed by atoms with Crippen LogP contribution in [0.4, 0.5) is 4.79 Å². The Morgan fingerprint density at radius 2 is 2.13 bits per heavy atom. The summed E-state index contributed by atoms with van der Waals surface area (Å²) in [5, 5.41) is 19.6. The normalized spacial score (nSPS) is 13.3. The number of rotatable bonds is 7. The molecular weight excluding hydrogens is 316 g/mol. The first-order valence-electron chi connectivity index (χ1n) is 7.53. The molecule has 2 rings (SSSR count). The van der Waals surface area contributed by atoms with Crippen molar-refractivity contribution >= 4 is 17.6 Å². The maximum atomic E-state index is 11.9. The van der Waals surface area contributed by atoms with Crippen LogP contribution in [0.25, 0.3) is 0 Å². The predicted octanol–water partition coefficient (Wildman–Crippen LogP) is 2.20. The van der Waals surface area contributed by atoms with Gasteiger partial charge in [0.25, 0.3) is 0 Å². The lowest BCUT2D eigenvalue weighted by molar-refractivity contribution is 0.213. The van der Waals surface area contributed by atoms with E-state index < -0.39 is 0 Å². The molecule has 1 aromatic heterocycles. The molecule has 0 fully saturated rings. The van der Waals surface area contributed by atoms with Crippen LogP contribution in [0.15, 0.2) is 42.7 Å². The average Bonchev–Trinajstić information content (AvgIpc) is 3.08. The highest BCUT2D eigenvalue weighted by molar-refractivity contribution is 6.30. The first-order valence-corrected chi connectivity index (χ1v) is 7.91. The van der Waals surface area contributed by atoms with E-state index in [-0.39, 0.29) is 24.7 Å². The van der Waals surface area contributed by atoms with Gasteiger partial charge in [-0.2, -0.15) is 5.10 Å². The van der Waals surface area contributed by atoms with Gasteiger partial charge in [-0.3, -0.25) is 4.68 Å². The zero-order chi connectivity index (χ0) is 16.7. The van der Waals surface area contributed by atoms with Crippen molar-refractivity contribution in [3.63, 3.8) is 0 Å². The van der Waals surface area contributed by atoms with Crippen molar-refractivity contribution < 1.29 is 9.90 Å². The summed E-state index contributed by atoms with van der Waals surface area (Å²) in [6, 6.07) is 8.60. The molecule has 0 aliphatic carbocycles. The Hall–Kier alpha value is -2.05. The zero-order valence-corrected chi connectivity index (χ0v) is 13.7. The van der Waals surface area contributed by atoms with Crippen molar-refractivity contribution in [2.75, 3.05) is 13.2 Å². The molecule has 7 heteroatoms. The third-order valence-electron chi connectivity index (χ3n) is 3.60. The van der Waals surface area contributed by atoms with Gasteiger partial charge in [-0.25, -0.2) is 4.79 Å². The van der Waals surface area contributed by atoms with E-state index in [2.05, 4.69) is 15.7 Å².